The van der Waals surface area contributed by atoms with Crippen LogP contribution in [0.4, 0.5) is 0 Å². The van der Waals surface area contributed by atoms with E-state index in [4.69, 9.17) is 0 Å². The molecule has 0 bridgehead atoms. The van der Waals surface area contributed by atoms with Crippen molar-refractivity contribution in [1.29, 1.82) is 10.5 Å². The van der Waals surface area contributed by atoms with Crippen LogP contribution in [0.2, 0.25) is 0 Å². The molecular weight excluding hydrogens is 520 g/mol. The van der Waals surface area contributed by atoms with Crippen LogP contribution in [-0.4, -0.2) is 0 Å². The van der Waals surface area contributed by atoms with Crippen LogP contribution < -0.4 is 0 Å². The van der Waals surface area contributed by atoms with Gasteiger partial charge in [-0.05, 0) is 98.7 Å². The van der Waals surface area contributed by atoms with E-state index >= 15 is 0 Å². The number of nitriles is 2. The van der Waals surface area contributed by atoms with Gasteiger partial charge in [-0.15, -0.1) is 0 Å². The Hall–Kier alpha value is -1.02. The van der Waals surface area contributed by atoms with E-state index in [-0.39, 0.29) is 0 Å². The Morgan fingerprint density at radius 1 is 0.512 bits per heavy atom. The second-order valence-corrected chi connectivity index (χ2v) is 16.3. The van der Waals surface area contributed by atoms with Gasteiger partial charge >= 0.3 is 0 Å². The van der Waals surface area contributed by atoms with Crippen molar-refractivity contribution in [3.05, 3.63) is 0 Å². The van der Waals surface area contributed by atoms with Crippen LogP contribution in [0.5, 0.6) is 0 Å². The number of hydrogen-bond donors (Lipinski definition) is 0. The molecule has 0 aromatic rings. The predicted octanol–water partition coefficient (Wildman–Crippen LogP) is 13.0. The highest BCUT2D eigenvalue weighted by molar-refractivity contribution is 5.12. The zero-order chi connectivity index (χ0) is 30.3. The predicted molar refractivity (Wildman–Crippen MR) is 182 cm³/mol. The lowest BCUT2D eigenvalue weighted by molar-refractivity contribution is 0.0185. The van der Waals surface area contributed by atoms with Crippen molar-refractivity contribution in [2.24, 2.45) is 52.8 Å². The van der Waals surface area contributed by atoms with Crippen molar-refractivity contribution in [1.82, 2.24) is 0 Å². The highest BCUT2D eigenvalue weighted by Crippen LogP contribution is 2.55. The van der Waals surface area contributed by atoms with E-state index in [1.807, 2.05) is 0 Å². The second kappa shape index (κ2) is 18.8. The summed E-state index contributed by atoms with van der Waals surface area (Å²) in [6.45, 7) is 4.63. The summed E-state index contributed by atoms with van der Waals surface area (Å²) in [5.74, 6) is 6.24. The third kappa shape index (κ3) is 9.98. The molecule has 2 heteroatoms. The van der Waals surface area contributed by atoms with Gasteiger partial charge in [-0.25, -0.2) is 0 Å². The minimum Gasteiger partial charge on any atom is -0.198 e. The van der Waals surface area contributed by atoms with Gasteiger partial charge in [-0.1, -0.05) is 136 Å². The van der Waals surface area contributed by atoms with Gasteiger partial charge in [0.15, 0.2) is 0 Å². The van der Waals surface area contributed by atoms with Crippen molar-refractivity contribution < 1.29 is 0 Å². The molecular formula is C41H70N2. The standard InChI is InChI=1S/C41H70N2/c1-3-5-7-9-11-15-34-22-26-36(27-23-34)38-17-13-19-40(31-38)41(32-43,28-29-42)39-18-12-16-37(30-39)35-24-20-33(21-25-35)14-10-8-6-4-2/h33-40H,3-28,30-31H2,1-2H3. The number of hydrogen-bond acceptors (Lipinski definition) is 2. The molecule has 0 aliphatic heterocycles. The zero-order valence-electron chi connectivity index (χ0n) is 28.8. The molecule has 0 saturated heterocycles. The average Bonchev–Trinajstić information content (AvgIpc) is 3.06. The average molecular weight is 591 g/mol. The first kappa shape index (κ1) is 34.8. The SMILES string of the molecule is CCCCCCCC1CCC(C2CCCC(C(C#N)(CC#N)C3CCCC(C4CCC(CCCCCC)CC4)C3)C2)CC1. The quantitative estimate of drug-likeness (QED) is 0.168. The molecule has 0 spiro atoms. The van der Waals surface area contributed by atoms with Crippen LogP contribution in [0.1, 0.15) is 194 Å². The Morgan fingerprint density at radius 3 is 1.37 bits per heavy atom. The molecule has 0 aromatic heterocycles. The van der Waals surface area contributed by atoms with E-state index in [0.29, 0.717) is 18.3 Å². The van der Waals surface area contributed by atoms with Gasteiger partial charge < -0.3 is 0 Å². The molecule has 0 N–H and O–H groups in total. The summed E-state index contributed by atoms with van der Waals surface area (Å²) in [6.07, 6.45) is 37.8. The highest BCUT2D eigenvalue weighted by atomic mass is 14.5. The van der Waals surface area contributed by atoms with Crippen molar-refractivity contribution in [3.63, 3.8) is 0 Å². The Kier molecular flexibility index (Phi) is 15.3. The third-order valence-corrected chi connectivity index (χ3v) is 13.8. The summed E-state index contributed by atoms with van der Waals surface area (Å²) >= 11 is 0. The van der Waals surface area contributed by atoms with E-state index in [0.717, 1.165) is 35.5 Å². The molecule has 4 aliphatic rings. The third-order valence-electron chi connectivity index (χ3n) is 13.8. The van der Waals surface area contributed by atoms with E-state index < -0.39 is 5.41 Å². The summed E-state index contributed by atoms with van der Waals surface area (Å²) in [4.78, 5) is 0. The molecule has 4 saturated carbocycles. The fourth-order valence-corrected chi connectivity index (χ4v) is 11.0. The largest absolute Gasteiger partial charge is 0.198 e. The fraction of sp³-hybridized carbons (Fsp3) is 0.951. The monoisotopic (exact) mass is 591 g/mol. The molecule has 0 heterocycles. The Balaban J connectivity index is 1.29. The molecule has 4 rings (SSSR count). The summed E-state index contributed by atoms with van der Waals surface area (Å²) in [6, 6.07) is 5.56. The maximum absolute atomic E-state index is 10.9. The van der Waals surface area contributed by atoms with Gasteiger partial charge in [-0.2, -0.15) is 10.5 Å². The van der Waals surface area contributed by atoms with Crippen molar-refractivity contribution >= 4 is 0 Å². The first-order valence-corrected chi connectivity index (χ1v) is 19.9. The number of rotatable bonds is 16. The first-order chi connectivity index (χ1) is 21.1. The molecule has 43 heavy (non-hydrogen) atoms. The van der Waals surface area contributed by atoms with Crippen molar-refractivity contribution in [2.45, 2.75) is 194 Å². The molecule has 244 valence electrons. The number of unbranched alkanes of at least 4 members (excludes halogenated alkanes) is 7. The fourth-order valence-electron chi connectivity index (χ4n) is 11.0. The van der Waals surface area contributed by atoms with Crippen LogP contribution in [0.25, 0.3) is 0 Å². The summed E-state index contributed by atoms with van der Waals surface area (Å²) in [5, 5.41) is 21.0. The van der Waals surface area contributed by atoms with Gasteiger partial charge in [-0.3, -0.25) is 0 Å². The Labute approximate surface area is 268 Å². The topological polar surface area (TPSA) is 47.6 Å². The van der Waals surface area contributed by atoms with Gasteiger partial charge in [0.05, 0.1) is 24.0 Å². The maximum atomic E-state index is 10.9. The molecule has 4 aliphatic carbocycles. The Morgan fingerprint density at radius 2 is 0.953 bits per heavy atom. The zero-order valence-corrected chi connectivity index (χ0v) is 28.8. The van der Waals surface area contributed by atoms with E-state index in [9.17, 15) is 10.5 Å². The molecule has 2 nitrogen and oxygen atoms in total. The number of nitrogens with zero attached hydrogens (tertiary/aromatic N) is 2. The Bertz CT molecular complexity index is 835. The lowest BCUT2D eigenvalue weighted by Gasteiger charge is -2.49. The van der Waals surface area contributed by atoms with E-state index in [1.165, 1.54) is 173 Å². The maximum Gasteiger partial charge on any atom is 0.0759 e. The minimum absolute atomic E-state index is 0.391. The summed E-state index contributed by atoms with van der Waals surface area (Å²) in [5.41, 5.74) is -0.391. The normalized spacial score (nSPS) is 35.0. The lowest BCUT2D eigenvalue weighted by atomic mass is 9.54. The summed E-state index contributed by atoms with van der Waals surface area (Å²) < 4.78 is 0. The minimum atomic E-state index is -0.391. The van der Waals surface area contributed by atoms with E-state index in [1.54, 1.807) is 0 Å². The lowest BCUT2D eigenvalue weighted by Crippen LogP contribution is -2.43. The highest BCUT2D eigenvalue weighted by Gasteiger charge is 2.50. The smallest absolute Gasteiger partial charge is 0.0759 e. The van der Waals surface area contributed by atoms with E-state index in [2.05, 4.69) is 26.0 Å². The van der Waals surface area contributed by atoms with Crippen molar-refractivity contribution in [2.75, 3.05) is 0 Å². The van der Waals surface area contributed by atoms with Gasteiger partial charge in [0, 0.05) is 0 Å². The van der Waals surface area contributed by atoms with Gasteiger partial charge in [0.2, 0.25) is 0 Å². The molecule has 5 atom stereocenters. The first-order valence-electron chi connectivity index (χ1n) is 19.9. The second-order valence-electron chi connectivity index (χ2n) is 16.3. The van der Waals surface area contributed by atoms with Gasteiger partial charge in [0.1, 0.15) is 0 Å². The van der Waals surface area contributed by atoms with Crippen LogP contribution in [-0.2, 0) is 0 Å². The molecule has 0 amide bonds. The van der Waals surface area contributed by atoms with Gasteiger partial charge in [0.25, 0.3) is 0 Å². The van der Waals surface area contributed by atoms with Crippen LogP contribution >= 0.6 is 0 Å². The molecule has 4 fully saturated rings. The molecule has 0 aromatic carbocycles. The molecule has 5 unspecified atom stereocenters. The van der Waals surface area contributed by atoms with Crippen LogP contribution in [0.3, 0.4) is 0 Å². The van der Waals surface area contributed by atoms with Crippen LogP contribution in [0, 0.1) is 75.4 Å². The molecule has 0 radical (unpaired) electrons. The van der Waals surface area contributed by atoms with Crippen molar-refractivity contribution in [3.8, 4) is 12.1 Å². The van der Waals surface area contributed by atoms with Crippen LogP contribution in [0.15, 0.2) is 0 Å². The summed E-state index contributed by atoms with van der Waals surface area (Å²) in [7, 11) is 0.